The second-order valence-electron chi connectivity index (χ2n) is 5.20. The van der Waals surface area contributed by atoms with E-state index in [0.29, 0.717) is 0 Å². The van der Waals surface area contributed by atoms with Crippen LogP contribution in [0.4, 0.5) is 0 Å². The van der Waals surface area contributed by atoms with Crippen LogP contribution in [0.15, 0.2) is 0 Å². The SMILES string of the molecule is CC1CNCC(C)N1CC1CCCC1. The lowest BCUT2D eigenvalue weighted by Crippen LogP contribution is -2.56. The number of nitrogens with zero attached hydrogens (tertiary/aromatic N) is 1. The molecule has 2 atom stereocenters. The molecule has 1 heterocycles. The maximum Gasteiger partial charge on any atom is 0.0195 e. The number of hydrogen-bond donors (Lipinski definition) is 1. The molecule has 0 spiro atoms. The molecule has 0 aromatic carbocycles. The molecule has 0 amide bonds. The van der Waals surface area contributed by atoms with Gasteiger partial charge in [-0.1, -0.05) is 12.8 Å². The summed E-state index contributed by atoms with van der Waals surface area (Å²) < 4.78 is 0. The molecular formula is C12H24N2. The van der Waals surface area contributed by atoms with Crippen LogP contribution in [-0.4, -0.2) is 36.6 Å². The monoisotopic (exact) mass is 196 g/mol. The molecule has 1 aliphatic heterocycles. The Hall–Kier alpha value is -0.0800. The first kappa shape index (κ1) is 10.4. The second-order valence-corrected chi connectivity index (χ2v) is 5.20. The lowest BCUT2D eigenvalue weighted by atomic mass is 10.0. The predicted molar refractivity (Wildman–Crippen MR) is 60.5 cm³/mol. The molecule has 2 rings (SSSR count). The lowest BCUT2D eigenvalue weighted by molar-refractivity contribution is 0.0971. The van der Waals surface area contributed by atoms with Crippen molar-refractivity contribution in [3.05, 3.63) is 0 Å². The minimum absolute atomic E-state index is 0.736. The molecule has 1 saturated heterocycles. The molecule has 2 fully saturated rings. The van der Waals surface area contributed by atoms with E-state index in [9.17, 15) is 0 Å². The highest BCUT2D eigenvalue weighted by Crippen LogP contribution is 2.27. The molecule has 2 unspecified atom stereocenters. The highest BCUT2D eigenvalue weighted by atomic mass is 15.2. The van der Waals surface area contributed by atoms with Crippen molar-refractivity contribution in [3.63, 3.8) is 0 Å². The van der Waals surface area contributed by atoms with Crippen LogP contribution in [-0.2, 0) is 0 Å². The van der Waals surface area contributed by atoms with Gasteiger partial charge < -0.3 is 5.32 Å². The van der Waals surface area contributed by atoms with E-state index in [-0.39, 0.29) is 0 Å². The highest BCUT2D eigenvalue weighted by Gasteiger charge is 2.27. The van der Waals surface area contributed by atoms with Crippen LogP contribution in [0.1, 0.15) is 39.5 Å². The molecule has 0 aromatic heterocycles. The normalized spacial score (nSPS) is 36.4. The van der Waals surface area contributed by atoms with Crippen molar-refractivity contribution < 1.29 is 0 Å². The van der Waals surface area contributed by atoms with Gasteiger partial charge in [0.1, 0.15) is 0 Å². The van der Waals surface area contributed by atoms with E-state index < -0.39 is 0 Å². The van der Waals surface area contributed by atoms with Gasteiger partial charge in [-0.05, 0) is 32.6 Å². The van der Waals surface area contributed by atoms with E-state index in [1.807, 2.05) is 0 Å². The van der Waals surface area contributed by atoms with E-state index in [0.717, 1.165) is 18.0 Å². The summed E-state index contributed by atoms with van der Waals surface area (Å²) in [4.78, 5) is 2.71. The van der Waals surface area contributed by atoms with E-state index in [2.05, 4.69) is 24.1 Å². The number of piperazine rings is 1. The van der Waals surface area contributed by atoms with E-state index in [4.69, 9.17) is 0 Å². The van der Waals surface area contributed by atoms with Gasteiger partial charge in [-0.25, -0.2) is 0 Å². The number of rotatable bonds is 2. The molecule has 1 saturated carbocycles. The average Bonchev–Trinajstić information content (AvgIpc) is 2.64. The fraction of sp³-hybridized carbons (Fsp3) is 1.00. The summed E-state index contributed by atoms with van der Waals surface area (Å²) in [6, 6.07) is 1.47. The summed E-state index contributed by atoms with van der Waals surface area (Å²) in [5, 5.41) is 3.50. The molecule has 14 heavy (non-hydrogen) atoms. The van der Waals surface area contributed by atoms with Crippen LogP contribution in [0.5, 0.6) is 0 Å². The topological polar surface area (TPSA) is 15.3 Å². The molecule has 2 aliphatic rings. The van der Waals surface area contributed by atoms with Crippen LogP contribution in [0.25, 0.3) is 0 Å². The van der Waals surface area contributed by atoms with Crippen molar-refractivity contribution in [2.24, 2.45) is 5.92 Å². The molecule has 0 radical (unpaired) electrons. The quantitative estimate of drug-likeness (QED) is 0.725. The third kappa shape index (κ3) is 2.29. The molecule has 1 aliphatic carbocycles. The highest BCUT2D eigenvalue weighted by molar-refractivity contribution is 4.84. The Balaban J connectivity index is 1.86. The van der Waals surface area contributed by atoms with Gasteiger partial charge in [0.15, 0.2) is 0 Å². The standard InChI is InChI=1S/C12H24N2/c1-10-7-13-8-11(2)14(10)9-12-5-3-4-6-12/h10-13H,3-9H2,1-2H3. The molecule has 1 N–H and O–H groups in total. The summed E-state index contributed by atoms with van der Waals surface area (Å²) >= 11 is 0. The predicted octanol–water partition coefficient (Wildman–Crippen LogP) is 1.86. The van der Waals surface area contributed by atoms with Crippen LogP contribution in [0.3, 0.4) is 0 Å². The lowest BCUT2D eigenvalue weighted by Gasteiger charge is -2.40. The smallest absolute Gasteiger partial charge is 0.0195 e. The molecule has 2 nitrogen and oxygen atoms in total. The minimum atomic E-state index is 0.736. The first-order valence-corrected chi connectivity index (χ1v) is 6.24. The van der Waals surface area contributed by atoms with Crippen LogP contribution < -0.4 is 5.32 Å². The van der Waals surface area contributed by atoms with Crippen molar-refractivity contribution in [1.82, 2.24) is 10.2 Å². The summed E-state index contributed by atoms with van der Waals surface area (Å²) in [6.45, 7) is 8.42. The van der Waals surface area contributed by atoms with Crippen LogP contribution in [0.2, 0.25) is 0 Å². The maximum atomic E-state index is 3.50. The van der Waals surface area contributed by atoms with Gasteiger partial charge in [-0.15, -0.1) is 0 Å². The van der Waals surface area contributed by atoms with Crippen molar-refractivity contribution in [3.8, 4) is 0 Å². The zero-order valence-corrected chi connectivity index (χ0v) is 9.63. The third-order valence-electron chi connectivity index (χ3n) is 3.96. The van der Waals surface area contributed by atoms with Crippen molar-refractivity contribution in [2.75, 3.05) is 19.6 Å². The Kier molecular flexibility index (Phi) is 3.45. The summed E-state index contributed by atoms with van der Waals surface area (Å²) in [6.07, 6.45) is 5.89. The Labute approximate surface area is 88.1 Å². The maximum absolute atomic E-state index is 3.50. The van der Waals surface area contributed by atoms with Crippen LogP contribution >= 0.6 is 0 Å². The van der Waals surface area contributed by atoms with E-state index in [1.54, 1.807) is 0 Å². The molecular weight excluding hydrogens is 172 g/mol. The molecule has 0 aromatic rings. The Morgan fingerprint density at radius 2 is 1.64 bits per heavy atom. The first-order valence-electron chi connectivity index (χ1n) is 6.24. The van der Waals surface area contributed by atoms with Gasteiger partial charge in [0, 0.05) is 31.7 Å². The Bertz CT molecular complexity index is 165. The van der Waals surface area contributed by atoms with Gasteiger partial charge in [0.2, 0.25) is 0 Å². The summed E-state index contributed by atoms with van der Waals surface area (Å²) in [5.41, 5.74) is 0. The first-order chi connectivity index (χ1) is 6.77. The van der Waals surface area contributed by atoms with E-state index in [1.165, 1.54) is 45.3 Å². The molecule has 2 heteroatoms. The Morgan fingerprint density at radius 3 is 2.21 bits per heavy atom. The van der Waals surface area contributed by atoms with Crippen molar-refractivity contribution >= 4 is 0 Å². The van der Waals surface area contributed by atoms with Gasteiger partial charge in [-0.2, -0.15) is 0 Å². The van der Waals surface area contributed by atoms with Crippen LogP contribution in [0, 0.1) is 5.92 Å². The van der Waals surface area contributed by atoms with Gasteiger partial charge in [-0.3, -0.25) is 4.90 Å². The third-order valence-corrected chi connectivity index (χ3v) is 3.96. The van der Waals surface area contributed by atoms with Crippen molar-refractivity contribution in [1.29, 1.82) is 0 Å². The largest absolute Gasteiger partial charge is 0.314 e. The number of nitrogens with one attached hydrogen (secondary N) is 1. The summed E-state index contributed by atoms with van der Waals surface area (Å²) in [5.74, 6) is 0.998. The zero-order valence-electron chi connectivity index (χ0n) is 9.63. The van der Waals surface area contributed by atoms with Gasteiger partial charge in [0.25, 0.3) is 0 Å². The van der Waals surface area contributed by atoms with Gasteiger partial charge >= 0.3 is 0 Å². The summed E-state index contributed by atoms with van der Waals surface area (Å²) in [7, 11) is 0. The van der Waals surface area contributed by atoms with E-state index >= 15 is 0 Å². The number of hydrogen-bond acceptors (Lipinski definition) is 2. The molecule has 82 valence electrons. The average molecular weight is 196 g/mol. The zero-order chi connectivity index (χ0) is 9.97. The fourth-order valence-electron chi connectivity index (χ4n) is 3.02. The van der Waals surface area contributed by atoms with Crippen molar-refractivity contribution in [2.45, 2.75) is 51.6 Å². The molecule has 0 bridgehead atoms. The van der Waals surface area contributed by atoms with Gasteiger partial charge in [0.05, 0.1) is 0 Å². The second kappa shape index (κ2) is 4.63. The minimum Gasteiger partial charge on any atom is -0.314 e. The Morgan fingerprint density at radius 1 is 1.07 bits per heavy atom. The fourth-order valence-corrected chi connectivity index (χ4v) is 3.02.